The van der Waals surface area contributed by atoms with Crippen molar-refractivity contribution in [3.63, 3.8) is 0 Å². The van der Waals surface area contributed by atoms with Gasteiger partial charge in [-0.15, -0.1) is 0 Å². The van der Waals surface area contributed by atoms with E-state index in [-0.39, 0.29) is 11.9 Å². The van der Waals surface area contributed by atoms with Crippen LogP contribution in [0.5, 0.6) is 0 Å². The molecule has 0 radical (unpaired) electrons. The fourth-order valence-corrected chi connectivity index (χ4v) is 3.07. The Kier molecular flexibility index (Phi) is 5.01. The molecule has 1 atom stereocenters. The van der Waals surface area contributed by atoms with Crippen LogP contribution in [-0.2, 0) is 4.79 Å². The summed E-state index contributed by atoms with van der Waals surface area (Å²) in [7, 11) is 0. The number of likely N-dealkylation sites (tertiary alicyclic amines) is 1. The van der Waals surface area contributed by atoms with Gasteiger partial charge in [0.15, 0.2) is 0 Å². The van der Waals surface area contributed by atoms with Crippen molar-refractivity contribution in [2.45, 2.75) is 51.6 Å². The molecule has 0 aliphatic carbocycles. The minimum atomic E-state index is 0.131. The maximum Gasteiger partial charge on any atom is 0.237 e. The molecule has 0 bridgehead atoms. The molecular weight excluding hydrogens is 226 g/mol. The van der Waals surface area contributed by atoms with E-state index < -0.39 is 0 Å². The average molecular weight is 253 g/mol. The van der Waals surface area contributed by atoms with Gasteiger partial charge in [0.2, 0.25) is 5.91 Å². The van der Waals surface area contributed by atoms with Crippen molar-refractivity contribution in [3.8, 4) is 0 Å². The van der Waals surface area contributed by atoms with Gasteiger partial charge in [0, 0.05) is 12.6 Å². The van der Waals surface area contributed by atoms with Crippen molar-refractivity contribution in [2.75, 3.05) is 26.2 Å². The van der Waals surface area contributed by atoms with Crippen molar-refractivity contribution < 1.29 is 4.79 Å². The molecule has 2 aliphatic rings. The van der Waals surface area contributed by atoms with Gasteiger partial charge in [-0.25, -0.2) is 0 Å². The second kappa shape index (κ2) is 6.53. The average Bonchev–Trinajstić information content (AvgIpc) is 2.86. The van der Waals surface area contributed by atoms with Crippen LogP contribution in [0.4, 0.5) is 0 Å². The van der Waals surface area contributed by atoms with Gasteiger partial charge >= 0.3 is 0 Å². The standard InChI is InChI=1S/C14H27N3O/c1-11(2)10-16-14(18)13-4-3-9-17(13)12-5-7-15-8-6-12/h11-13,15H,3-10H2,1-2H3,(H,16,18). The molecule has 1 unspecified atom stereocenters. The van der Waals surface area contributed by atoms with E-state index in [0.717, 1.165) is 32.6 Å². The smallest absolute Gasteiger partial charge is 0.237 e. The zero-order valence-corrected chi connectivity index (χ0v) is 11.7. The molecule has 2 saturated heterocycles. The molecule has 0 aromatic carbocycles. The van der Waals surface area contributed by atoms with E-state index >= 15 is 0 Å². The molecule has 2 fully saturated rings. The molecule has 2 N–H and O–H groups in total. The molecule has 0 spiro atoms. The largest absolute Gasteiger partial charge is 0.354 e. The first kappa shape index (κ1) is 13.8. The highest BCUT2D eigenvalue weighted by Crippen LogP contribution is 2.24. The number of rotatable bonds is 4. The quantitative estimate of drug-likeness (QED) is 0.785. The maximum atomic E-state index is 12.2. The summed E-state index contributed by atoms with van der Waals surface area (Å²) < 4.78 is 0. The van der Waals surface area contributed by atoms with Gasteiger partial charge in [-0.2, -0.15) is 0 Å². The predicted octanol–water partition coefficient (Wildman–Crippen LogP) is 0.975. The fraction of sp³-hybridized carbons (Fsp3) is 0.929. The molecule has 18 heavy (non-hydrogen) atoms. The lowest BCUT2D eigenvalue weighted by Gasteiger charge is -2.35. The zero-order chi connectivity index (χ0) is 13.0. The Hall–Kier alpha value is -0.610. The number of hydrogen-bond donors (Lipinski definition) is 2. The molecule has 0 saturated carbocycles. The first-order chi connectivity index (χ1) is 8.68. The van der Waals surface area contributed by atoms with Crippen LogP contribution in [0.25, 0.3) is 0 Å². The fourth-order valence-electron chi connectivity index (χ4n) is 3.07. The van der Waals surface area contributed by atoms with Crippen LogP contribution < -0.4 is 10.6 Å². The Bertz CT molecular complexity index is 274. The second-order valence-corrected chi connectivity index (χ2v) is 6.02. The number of nitrogens with zero attached hydrogens (tertiary/aromatic N) is 1. The van der Waals surface area contributed by atoms with Crippen LogP contribution in [0.2, 0.25) is 0 Å². The van der Waals surface area contributed by atoms with E-state index in [9.17, 15) is 4.79 Å². The van der Waals surface area contributed by atoms with Crippen molar-refractivity contribution in [1.29, 1.82) is 0 Å². The van der Waals surface area contributed by atoms with Crippen molar-refractivity contribution in [1.82, 2.24) is 15.5 Å². The Morgan fingerprint density at radius 2 is 2.06 bits per heavy atom. The monoisotopic (exact) mass is 253 g/mol. The molecule has 0 aromatic heterocycles. The van der Waals surface area contributed by atoms with Crippen LogP contribution in [0.1, 0.15) is 39.5 Å². The zero-order valence-electron chi connectivity index (χ0n) is 11.7. The highest BCUT2D eigenvalue weighted by molar-refractivity contribution is 5.82. The highest BCUT2D eigenvalue weighted by Gasteiger charge is 2.35. The van der Waals surface area contributed by atoms with Crippen molar-refractivity contribution in [3.05, 3.63) is 0 Å². The third-order valence-electron chi connectivity index (χ3n) is 4.06. The topological polar surface area (TPSA) is 44.4 Å². The van der Waals surface area contributed by atoms with Gasteiger partial charge in [0.1, 0.15) is 0 Å². The molecule has 4 heteroatoms. The second-order valence-electron chi connectivity index (χ2n) is 6.02. The number of nitrogens with one attached hydrogen (secondary N) is 2. The number of carbonyl (C=O) groups excluding carboxylic acids is 1. The molecule has 4 nitrogen and oxygen atoms in total. The van der Waals surface area contributed by atoms with Gasteiger partial charge in [0.05, 0.1) is 6.04 Å². The molecule has 0 aromatic rings. The van der Waals surface area contributed by atoms with Gasteiger partial charge < -0.3 is 10.6 Å². The van der Waals surface area contributed by atoms with Gasteiger partial charge in [-0.05, 0) is 51.2 Å². The summed E-state index contributed by atoms with van der Waals surface area (Å²) in [6.07, 6.45) is 4.58. The molecule has 2 rings (SSSR count). The van der Waals surface area contributed by atoms with E-state index in [0.29, 0.717) is 12.0 Å². The third kappa shape index (κ3) is 3.45. The van der Waals surface area contributed by atoms with Gasteiger partial charge in [-0.1, -0.05) is 13.8 Å². The number of carbonyl (C=O) groups is 1. The van der Waals surface area contributed by atoms with Crippen LogP contribution in [-0.4, -0.2) is 49.1 Å². The summed E-state index contributed by atoms with van der Waals surface area (Å²) in [6, 6.07) is 0.746. The minimum absolute atomic E-state index is 0.131. The van der Waals surface area contributed by atoms with E-state index in [1.165, 1.54) is 19.3 Å². The van der Waals surface area contributed by atoms with Gasteiger partial charge in [-0.3, -0.25) is 9.69 Å². The number of piperidine rings is 1. The van der Waals surface area contributed by atoms with Crippen molar-refractivity contribution in [2.24, 2.45) is 5.92 Å². The lowest BCUT2D eigenvalue weighted by Crippen LogP contribution is -2.51. The summed E-state index contributed by atoms with van der Waals surface area (Å²) in [6.45, 7) is 8.38. The van der Waals surface area contributed by atoms with Crippen LogP contribution in [0.15, 0.2) is 0 Å². The van der Waals surface area contributed by atoms with E-state index in [4.69, 9.17) is 0 Å². The number of amides is 1. The van der Waals surface area contributed by atoms with E-state index in [2.05, 4.69) is 29.4 Å². The van der Waals surface area contributed by atoms with Crippen molar-refractivity contribution >= 4 is 5.91 Å². The van der Waals surface area contributed by atoms with Crippen LogP contribution >= 0.6 is 0 Å². The number of hydrogen-bond acceptors (Lipinski definition) is 3. The Morgan fingerprint density at radius 1 is 1.33 bits per heavy atom. The Morgan fingerprint density at radius 3 is 2.72 bits per heavy atom. The first-order valence-electron chi connectivity index (χ1n) is 7.42. The lowest BCUT2D eigenvalue weighted by molar-refractivity contribution is -0.126. The molecular formula is C14H27N3O. The van der Waals surface area contributed by atoms with Crippen LogP contribution in [0.3, 0.4) is 0 Å². The van der Waals surface area contributed by atoms with E-state index in [1.807, 2.05) is 0 Å². The SMILES string of the molecule is CC(C)CNC(=O)C1CCCN1C1CCNCC1. The third-order valence-corrected chi connectivity index (χ3v) is 4.06. The highest BCUT2D eigenvalue weighted by atomic mass is 16.2. The first-order valence-corrected chi connectivity index (χ1v) is 7.42. The Balaban J connectivity index is 1.87. The van der Waals surface area contributed by atoms with Crippen LogP contribution in [0, 0.1) is 5.92 Å². The molecule has 1 amide bonds. The minimum Gasteiger partial charge on any atom is -0.354 e. The normalized spacial score (nSPS) is 26.7. The summed E-state index contributed by atoms with van der Waals surface area (Å²) in [5.41, 5.74) is 0. The summed E-state index contributed by atoms with van der Waals surface area (Å²) >= 11 is 0. The summed E-state index contributed by atoms with van der Waals surface area (Å²) in [4.78, 5) is 14.7. The Labute approximate surface area is 110 Å². The van der Waals surface area contributed by atoms with Gasteiger partial charge in [0.25, 0.3) is 0 Å². The lowest BCUT2D eigenvalue weighted by atomic mass is 10.0. The predicted molar refractivity (Wildman–Crippen MR) is 73.5 cm³/mol. The summed E-state index contributed by atoms with van der Waals surface area (Å²) in [5, 5.41) is 6.49. The maximum absolute atomic E-state index is 12.2. The van der Waals surface area contributed by atoms with E-state index in [1.54, 1.807) is 0 Å². The molecule has 104 valence electrons. The molecule has 2 heterocycles. The molecule has 2 aliphatic heterocycles. The summed E-state index contributed by atoms with van der Waals surface area (Å²) in [5.74, 6) is 0.780.